The Labute approximate surface area is 150 Å². The van der Waals surface area contributed by atoms with Crippen LogP contribution in [0.2, 0.25) is 0 Å². The number of aromatic nitrogens is 2. The van der Waals surface area contributed by atoms with Crippen LogP contribution in [-0.4, -0.2) is 53.1 Å². The van der Waals surface area contributed by atoms with Gasteiger partial charge in [-0.3, -0.25) is 0 Å². The molecule has 2 aliphatic rings. The molecule has 0 unspecified atom stereocenters. The average molecular weight is 356 g/mol. The normalized spacial score (nSPS) is 18.8. The van der Waals surface area contributed by atoms with Gasteiger partial charge in [-0.15, -0.1) is 0 Å². The van der Waals surface area contributed by atoms with Crippen LogP contribution in [-0.2, 0) is 9.47 Å². The molecule has 1 spiro atoms. The minimum absolute atomic E-state index is 0.248. The lowest BCUT2D eigenvalue weighted by molar-refractivity contribution is -0.169. The Morgan fingerprint density at radius 1 is 1.12 bits per heavy atom. The highest BCUT2D eigenvalue weighted by molar-refractivity contribution is 5.88. The summed E-state index contributed by atoms with van der Waals surface area (Å²) in [5.74, 6) is -0.0474. The molecule has 2 fully saturated rings. The Bertz CT molecular complexity index is 780. The van der Waals surface area contributed by atoms with Crippen molar-refractivity contribution < 1.29 is 19.4 Å². The zero-order valence-electron chi connectivity index (χ0n) is 14.2. The van der Waals surface area contributed by atoms with Gasteiger partial charge in [0.15, 0.2) is 5.79 Å². The number of rotatable bonds is 4. The number of nitrogens with one attached hydrogen (secondary N) is 1. The Hall–Kier alpha value is -2.71. The molecule has 0 atom stereocenters. The van der Waals surface area contributed by atoms with E-state index in [0.717, 1.165) is 31.6 Å². The number of hydrogen-bond acceptors (Lipinski definition) is 7. The lowest BCUT2D eigenvalue weighted by Crippen LogP contribution is -2.45. The van der Waals surface area contributed by atoms with Crippen LogP contribution in [0.15, 0.2) is 36.5 Å². The third-order valence-electron chi connectivity index (χ3n) is 4.67. The van der Waals surface area contributed by atoms with Crippen molar-refractivity contribution in [1.29, 1.82) is 0 Å². The van der Waals surface area contributed by atoms with Gasteiger partial charge in [0.25, 0.3) is 0 Å². The number of ether oxygens (including phenoxy) is 2. The molecule has 26 heavy (non-hydrogen) atoms. The minimum Gasteiger partial charge on any atom is -0.478 e. The molecule has 1 aromatic heterocycles. The first-order valence-corrected chi connectivity index (χ1v) is 8.60. The standard InChI is InChI=1S/C18H20N4O4/c23-16(24)13-1-3-14(4-2-13)20-15-5-8-19-17(21-15)22-9-6-18(7-10-22)25-11-12-26-18/h1-5,8H,6-7,9-12H2,(H,23,24)(H,19,20,21). The zero-order chi connectivity index (χ0) is 18.0. The quantitative estimate of drug-likeness (QED) is 0.861. The first-order valence-electron chi connectivity index (χ1n) is 8.60. The van der Waals surface area contributed by atoms with E-state index in [1.165, 1.54) is 0 Å². The van der Waals surface area contributed by atoms with Crippen LogP contribution in [0.3, 0.4) is 0 Å². The summed E-state index contributed by atoms with van der Waals surface area (Å²) < 4.78 is 11.5. The van der Waals surface area contributed by atoms with E-state index >= 15 is 0 Å². The van der Waals surface area contributed by atoms with Crippen LogP contribution < -0.4 is 10.2 Å². The second kappa shape index (κ2) is 6.89. The third-order valence-corrected chi connectivity index (χ3v) is 4.67. The summed E-state index contributed by atoms with van der Waals surface area (Å²) in [7, 11) is 0. The molecule has 2 aliphatic heterocycles. The van der Waals surface area contributed by atoms with Gasteiger partial charge in [-0.1, -0.05) is 0 Å². The molecule has 0 bridgehead atoms. The molecule has 136 valence electrons. The van der Waals surface area contributed by atoms with Gasteiger partial charge in [-0.25, -0.2) is 9.78 Å². The second-order valence-corrected chi connectivity index (χ2v) is 6.34. The topological polar surface area (TPSA) is 96.8 Å². The van der Waals surface area contributed by atoms with Gasteiger partial charge in [0.1, 0.15) is 5.82 Å². The Balaban J connectivity index is 1.42. The number of anilines is 3. The van der Waals surface area contributed by atoms with E-state index in [9.17, 15) is 4.79 Å². The molecule has 0 saturated carbocycles. The second-order valence-electron chi connectivity index (χ2n) is 6.34. The van der Waals surface area contributed by atoms with E-state index in [0.29, 0.717) is 25.0 Å². The minimum atomic E-state index is -0.945. The molecule has 1 aromatic carbocycles. The maximum absolute atomic E-state index is 10.9. The molecular weight excluding hydrogens is 336 g/mol. The van der Waals surface area contributed by atoms with Gasteiger partial charge in [0.05, 0.1) is 18.8 Å². The number of carbonyl (C=O) groups is 1. The molecular formula is C18H20N4O4. The van der Waals surface area contributed by atoms with Crippen LogP contribution in [0.25, 0.3) is 0 Å². The van der Waals surface area contributed by atoms with E-state index in [1.807, 2.05) is 0 Å². The van der Waals surface area contributed by atoms with Crippen LogP contribution in [0.5, 0.6) is 0 Å². The lowest BCUT2D eigenvalue weighted by Gasteiger charge is -2.37. The van der Waals surface area contributed by atoms with Gasteiger partial charge in [0, 0.05) is 37.8 Å². The number of aromatic carboxylic acids is 1. The van der Waals surface area contributed by atoms with Crippen LogP contribution in [0.1, 0.15) is 23.2 Å². The molecule has 0 radical (unpaired) electrons. The van der Waals surface area contributed by atoms with Crippen molar-refractivity contribution >= 4 is 23.4 Å². The van der Waals surface area contributed by atoms with Crippen molar-refractivity contribution in [2.45, 2.75) is 18.6 Å². The average Bonchev–Trinajstić information content (AvgIpc) is 3.11. The smallest absolute Gasteiger partial charge is 0.335 e. The van der Waals surface area contributed by atoms with Crippen molar-refractivity contribution in [3.05, 3.63) is 42.1 Å². The Morgan fingerprint density at radius 3 is 2.46 bits per heavy atom. The number of benzene rings is 1. The third kappa shape index (κ3) is 3.47. The van der Waals surface area contributed by atoms with Crippen molar-refractivity contribution in [3.63, 3.8) is 0 Å². The van der Waals surface area contributed by atoms with Crippen LogP contribution in [0, 0.1) is 0 Å². The number of piperidine rings is 1. The van der Waals surface area contributed by atoms with Gasteiger partial charge in [-0.2, -0.15) is 4.98 Å². The van der Waals surface area contributed by atoms with Crippen molar-refractivity contribution in [2.75, 3.05) is 36.5 Å². The molecule has 2 N–H and O–H groups in total. The van der Waals surface area contributed by atoms with E-state index < -0.39 is 11.8 Å². The van der Waals surface area contributed by atoms with E-state index in [-0.39, 0.29) is 5.56 Å². The highest BCUT2D eigenvalue weighted by Crippen LogP contribution is 2.32. The fraction of sp³-hybridized carbons (Fsp3) is 0.389. The first kappa shape index (κ1) is 16.7. The number of carboxylic acids is 1. The highest BCUT2D eigenvalue weighted by atomic mass is 16.7. The predicted octanol–water partition coefficient (Wildman–Crippen LogP) is 2.26. The number of carboxylic acid groups (broad SMARTS) is 1. The lowest BCUT2D eigenvalue weighted by atomic mass is 10.0. The molecule has 2 aromatic rings. The maximum Gasteiger partial charge on any atom is 0.335 e. The fourth-order valence-electron chi connectivity index (χ4n) is 3.25. The molecule has 2 saturated heterocycles. The van der Waals surface area contributed by atoms with E-state index in [2.05, 4.69) is 20.2 Å². The summed E-state index contributed by atoms with van der Waals surface area (Å²) in [6, 6.07) is 8.31. The molecule has 0 aliphatic carbocycles. The van der Waals surface area contributed by atoms with Crippen molar-refractivity contribution in [3.8, 4) is 0 Å². The Kier molecular flexibility index (Phi) is 4.44. The molecule has 8 heteroatoms. The van der Waals surface area contributed by atoms with Crippen molar-refractivity contribution in [2.24, 2.45) is 0 Å². The largest absolute Gasteiger partial charge is 0.478 e. The molecule has 8 nitrogen and oxygen atoms in total. The van der Waals surface area contributed by atoms with Gasteiger partial charge < -0.3 is 24.8 Å². The summed E-state index contributed by atoms with van der Waals surface area (Å²) >= 11 is 0. The number of nitrogens with zero attached hydrogens (tertiary/aromatic N) is 3. The number of hydrogen-bond donors (Lipinski definition) is 2. The van der Waals surface area contributed by atoms with Crippen molar-refractivity contribution in [1.82, 2.24) is 9.97 Å². The van der Waals surface area contributed by atoms with Crippen LogP contribution in [0.4, 0.5) is 17.5 Å². The van der Waals surface area contributed by atoms with Gasteiger partial charge >= 0.3 is 5.97 Å². The zero-order valence-corrected chi connectivity index (χ0v) is 14.2. The fourth-order valence-corrected chi connectivity index (χ4v) is 3.25. The molecule has 0 amide bonds. The summed E-state index contributed by atoms with van der Waals surface area (Å²) in [5, 5.41) is 12.1. The van der Waals surface area contributed by atoms with Gasteiger partial charge in [0.2, 0.25) is 5.95 Å². The summed E-state index contributed by atoms with van der Waals surface area (Å²) in [5.41, 5.74) is 1.02. The van der Waals surface area contributed by atoms with E-state index in [1.54, 1.807) is 36.5 Å². The highest BCUT2D eigenvalue weighted by Gasteiger charge is 2.40. The maximum atomic E-state index is 10.9. The van der Waals surface area contributed by atoms with Gasteiger partial charge in [-0.05, 0) is 30.3 Å². The summed E-state index contributed by atoms with van der Waals surface area (Å²) in [4.78, 5) is 22.0. The van der Waals surface area contributed by atoms with Crippen LogP contribution >= 0.6 is 0 Å². The molecule has 4 rings (SSSR count). The predicted molar refractivity (Wildman–Crippen MR) is 94.8 cm³/mol. The SMILES string of the molecule is O=C(O)c1ccc(Nc2ccnc(N3CCC4(CC3)OCCO4)n2)cc1. The monoisotopic (exact) mass is 356 g/mol. The Morgan fingerprint density at radius 2 is 1.81 bits per heavy atom. The van der Waals surface area contributed by atoms with E-state index in [4.69, 9.17) is 14.6 Å². The summed E-state index contributed by atoms with van der Waals surface area (Å²) in [6.45, 7) is 2.88. The first-order chi connectivity index (χ1) is 12.6. The summed E-state index contributed by atoms with van der Waals surface area (Å²) in [6.07, 6.45) is 3.30. The molecule has 3 heterocycles.